The van der Waals surface area contributed by atoms with Crippen molar-refractivity contribution in [1.82, 2.24) is 4.98 Å². The Balaban J connectivity index is 2.00. The van der Waals surface area contributed by atoms with Crippen molar-refractivity contribution in [2.75, 3.05) is 12.0 Å². The van der Waals surface area contributed by atoms with Gasteiger partial charge in [0.1, 0.15) is 11.5 Å². The molecule has 1 atom stereocenters. The number of rotatable bonds is 4. The molecule has 1 fully saturated rings. The molecule has 1 N–H and O–H groups in total. The van der Waals surface area contributed by atoms with Crippen LogP contribution < -0.4 is 9.64 Å². The van der Waals surface area contributed by atoms with Crippen LogP contribution in [0.25, 0.3) is 5.76 Å². The topological polar surface area (TPSA) is 79.7 Å². The number of aryl methyl sites for hydroxylation is 2. The van der Waals surface area contributed by atoms with Gasteiger partial charge in [-0.1, -0.05) is 24.3 Å². The molecule has 6 nitrogen and oxygen atoms in total. The van der Waals surface area contributed by atoms with Gasteiger partial charge in [0.05, 0.1) is 18.7 Å². The lowest BCUT2D eigenvalue weighted by Gasteiger charge is -2.27. The third-order valence-electron chi connectivity index (χ3n) is 5.43. The molecule has 0 radical (unpaired) electrons. The molecule has 1 aliphatic heterocycles. The largest absolute Gasteiger partial charge is 0.507 e. The van der Waals surface area contributed by atoms with Gasteiger partial charge in [0.2, 0.25) is 0 Å². The Labute approximate surface area is 180 Å². The first kappa shape index (κ1) is 20.3. The van der Waals surface area contributed by atoms with E-state index in [1.807, 2.05) is 38.1 Å². The average Bonchev–Trinajstić information content (AvgIpc) is 3.06. The number of Topliss-reactive ketones (excluding diaryl/α,β-unsaturated/α-hetero) is 1. The van der Waals surface area contributed by atoms with Gasteiger partial charge in [-0.05, 0) is 60.9 Å². The normalized spacial score (nSPS) is 17.8. The number of amides is 1. The quantitative estimate of drug-likeness (QED) is 0.390. The summed E-state index contributed by atoms with van der Waals surface area (Å²) in [4.78, 5) is 31.8. The second kappa shape index (κ2) is 8.07. The Morgan fingerprint density at radius 1 is 1.03 bits per heavy atom. The zero-order valence-electron chi connectivity index (χ0n) is 17.5. The molecule has 31 heavy (non-hydrogen) atoms. The lowest BCUT2D eigenvalue weighted by atomic mass is 9.95. The van der Waals surface area contributed by atoms with Gasteiger partial charge < -0.3 is 9.84 Å². The second-order valence-electron chi connectivity index (χ2n) is 7.47. The van der Waals surface area contributed by atoms with E-state index < -0.39 is 17.7 Å². The number of aliphatic hydroxyl groups excluding tert-OH is 1. The van der Waals surface area contributed by atoms with E-state index in [9.17, 15) is 14.7 Å². The summed E-state index contributed by atoms with van der Waals surface area (Å²) in [5.41, 5.74) is 3.55. The maximum absolute atomic E-state index is 13.2. The molecule has 6 heteroatoms. The Hall–Kier alpha value is -3.93. The van der Waals surface area contributed by atoms with E-state index in [0.717, 1.165) is 11.1 Å². The molecule has 156 valence electrons. The summed E-state index contributed by atoms with van der Waals surface area (Å²) in [5, 5.41) is 11.1. The van der Waals surface area contributed by atoms with Crippen molar-refractivity contribution < 1.29 is 19.4 Å². The van der Waals surface area contributed by atoms with Crippen LogP contribution in [0.1, 0.15) is 28.3 Å². The maximum Gasteiger partial charge on any atom is 0.300 e. The van der Waals surface area contributed by atoms with Gasteiger partial charge in [0, 0.05) is 23.6 Å². The minimum Gasteiger partial charge on any atom is -0.507 e. The molecular weight excluding hydrogens is 392 g/mol. The summed E-state index contributed by atoms with van der Waals surface area (Å²) < 4.78 is 5.36. The highest BCUT2D eigenvalue weighted by Crippen LogP contribution is 2.43. The van der Waals surface area contributed by atoms with Crippen molar-refractivity contribution in [3.8, 4) is 5.75 Å². The van der Waals surface area contributed by atoms with Crippen LogP contribution >= 0.6 is 0 Å². The molecule has 1 amide bonds. The predicted molar refractivity (Wildman–Crippen MR) is 118 cm³/mol. The molecule has 0 bridgehead atoms. The molecule has 3 aromatic rings. The Kier molecular flexibility index (Phi) is 5.29. The highest BCUT2D eigenvalue weighted by molar-refractivity contribution is 6.51. The fourth-order valence-electron chi connectivity index (χ4n) is 3.85. The number of anilines is 1. The number of carbonyl (C=O) groups excluding carboxylic acids is 2. The SMILES string of the molecule is COc1cccc(C2/C(=C(\O)c3ccncc3)C(=O)C(=O)N2c2cc(C)ccc2C)c1. The first-order valence-corrected chi connectivity index (χ1v) is 9.85. The van der Waals surface area contributed by atoms with Crippen LogP contribution in [-0.4, -0.2) is 28.9 Å². The Morgan fingerprint density at radius 3 is 2.48 bits per heavy atom. The molecule has 0 saturated carbocycles. The molecule has 4 rings (SSSR count). The van der Waals surface area contributed by atoms with E-state index in [2.05, 4.69) is 4.98 Å². The molecule has 2 heterocycles. The first-order chi connectivity index (χ1) is 14.9. The van der Waals surface area contributed by atoms with Crippen LogP contribution in [0.4, 0.5) is 5.69 Å². The number of aromatic nitrogens is 1. The number of hydrogen-bond acceptors (Lipinski definition) is 5. The number of benzene rings is 2. The fourth-order valence-corrected chi connectivity index (χ4v) is 3.85. The average molecular weight is 414 g/mol. The summed E-state index contributed by atoms with van der Waals surface area (Å²) in [6, 6.07) is 15.3. The smallest absolute Gasteiger partial charge is 0.300 e. The number of ketones is 1. The number of hydrogen-bond donors (Lipinski definition) is 1. The van der Waals surface area contributed by atoms with Gasteiger partial charge in [0.15, 0.2) is 0 Å². The van der Waals surface area contributed by atoms with Gasteiger partial charge in [0.25, 0.3) is 11.7 Å². The molecule has 0 spiro atoms. The lowest BCUT2D eigenvalue weighted by molar-refractivity contribution is -0.132. The van der Waals surface area contributed by atoms with E-state index >= 15 is 0 Å². The van der Waals surface area contributed by atoms with Crippen molar-refractivity contribution >= 4 is 23.1 Å². The lowest BCUT2D eigenvalue weighted by Crippen LogP contribution is -2.30. The molecule has 1 saturated heterocycles. The standard InChI is InChI=1S/C25H22N2O4/c1-15-7-8-16(2)20(13-15)27-22(18-5-4-6-19(14-18)31-3)21(24(29)25(27)30)23(28)17-9-11-26-12-10-17/h4-14,22,28H,1-3H3/b23-21+. The van der Waals surface area contributed by atoms with Crippen LogP contribution in [0.3, 0.4) is 0 Å². The molecule has 1 aromatic heterocycles. The third-order valence-corrected chi connectivity index (χ3v) is 5.43. The molecule has 1 unspecified atom stereocenters. The number of methoxy groups -OCH3 is 1. The molecule has 1 aliphatic rings. The highest BCUT2D eigenvalue weighted by atomic mass is 16.5. The van der Waals surface area contributed by atoms with Crippen molar-refractivity contribution in [1.29, 1.82) is 0 Å². The number of carbonyl (C=O) groups is 2. The van der Waals surface area contributed by atoms with Crippen LogP contribution in [0.5, 0.6) is 5.75 Å². The zero-order chi connectivity index (χ0) is 22.1. The number of ether oxygens (including phenoxy) is 1. The minimum absolute atomic E-state index is 0.0327. The van der Waals surface area contributed by atoms with Gasteiger partial charge in [-0.15, -0.1) is 0 Å². The second-order valence-corrected chi connectivity index (χ2v) is 7.47. The van der Waals surface area contributed by atoms with Crippen molar-refractivity contribution in [3.05, 3.63) is 94.8 Å². The van der Waals surface area contributed by atoms with E-state index in [0.29, 0.717) is 22.6 Å². The van der Waals surface area contributed by atoms with Crippen LogP contribution in [-0.2, 0) is 9.59 Å². The van der Waals surface area contributed by atoms with Crippen molar-refractivity contribution in [3.63, 3.8) is 0 Å². The predicted octanol–water partition coefficient (Wildman–Crippen LogP) is 4.33. The molecule has 2 aromatic carbocycles. The van der Waals surface area contributed by atoms with E-state index in [1.54, 1.807) is 37.4 Å². The molecular formula is C25H22N2O4. The number of aliphatic hydroxyl groups is 1. The van der Waals surface area contributed by atoms with E-state index in [4.69, 9.17) is 4.74 Å². The monoisotopic (exact) mass is 414 g/mol. The van der Waals surface area contributed by atoms with Gasteiger partial charge in [-0.25, -0.2) is 0 Å². The van der Waals surface area contributed by atoms with Crippen molar-refractivity contribution in [2.24, 2.45) is 0 Å². The minimum atomic E-state index is -0.802. The first-order valence-electron chi connectivity index (χ1n) is 9.85. The van der Waals surface area contributed by atoms with Crippen molar-refractivity contribution in [2.45, 2.75) is 19.9 Å². The van der Waals surface area contributed by atoms with Crippen LogP contribution in [0, 0.1) is 13.8 Å². The Bertz CT molecular complexity index is 1200. The third kappa shape index (κ3) is 3.57. The summed E-state index contributed by atoms with van der Waals surface area (Å²) >= 11 is 0. The van der Waals surface area contributed by atoms with Gasteiger partial charge in [-0.3, -0.25) is 19.5 Å². The van der Waals surface area contributed by atoms with E-state index in [1.165, 1.54) is 17.3 Å². The fraction of sp³-hybridized carbons (Fsp3) is 0.160. The van der Waals surface area contributed by atoms with Crippen LogP contribution in [0.2, 0.25) is 0 Å². The summed E-state index contributed by atoms with van der Waals surface area (Å²) in [5.74, 6) is -1.06. The number of nitrogens with zero attached hydrogens (tertiary/aromatic N) is 2. The maximum atomic E-state index is 13.2. The highest BCUT2D eigenvalue weighted by Gasteiger charge is 2.47. The summed E-state index contributed by atoms with van der Waals surface area (Å²) in [7, 11) is 1.55. The molecule has 0 aliphatic carbocycles. The Morgan fingerprint density at radius 2 is 1.77 bits per heavy atom. The zero-order valence-corrected chi connectivity index (χ0v) is 17.5. The van der Waals surface area contributed by atoms with E-state index in [-0.39, 0.29) is 11.3 Å². The van der Waals surface area contributed by atoms with Gasteiger partial charge >= 0.3 is 0 Å². The number of pyridine rings is 1. The summed E-state index contributed by atoms with van der Waals surface area (Å²) in [6.07, 6.45) is 3.05. The van der Waals surface area contributed by atoms with Gasteiger partial charge in [-0.2, -0.15) is 0 Å². The summed E-state index contributed by atoms with van der Waals surface area (Å²) in [6.45, 7) is 3.82. The van der Waals surface area contributed by atoms with Crippen LogP contribution in [0.15, 0.2) is 72.6 Å².